The molecule has 3 saturated heterocycles. The number of rotatable bonds is 5. The first-order valence-corrected chi connectivity index (χ1v) is 11.2. The molecule has 1 aromatic rings. The van der Waals surface area contributed by atoms with Crippen molar-refractivity contribution in [3.63, 3.8) is 0 Å². The van der Waals surface area contributed by atoms with Crippen molar-refractivity contribution in [2.24, 2.45) is 11.3 Å². The maximum Gasteiger partial charge on any atom is 0.236 e. The van der Waals surface area contributed by atoms with Gasteiger partial charge in [0, 0.05) is 25.6 Å². The molecule has 3 heterocycles. The number of methoxy groups -OCH3 is 1. The smallest absolute Gasteiger partial charge is 0.236 e. The minimum Gasteiger partial charge on any atom is -0.495 e. The van der Waals surface area contributed by atoms with Crippen molar-refractivity contribution in [3.8, 4) is 5.75 Å². The molecule has 8 nitrogen and oxygen atoms in total. The highest BCUT2D eigenvalue weighted by Crippen LogP contribution is 2.38. The van der Waals surface area contributed by atoms with E-state index < -0.39 is 0 Å². The van der Waals surface area contributed by atoms with Gasteiger partial charge in [0.15, 0.2) is 0 Å². The number of ether oxygens (including phenoxy) is 1. The van der Waals surface area contributed by atoms with E-state index in [1.807, 2.05) is 29.2 Å². The summed E-state index contributed by atoms with van der Waals surface area (Å²) in [6, 6.07) is 7.40. The molecule has 4 rings (SSSR count). The molecule has 168 valence electrons. The Morgan fingerprint density at radius 2 is 1.84 bits per heavy atom. The van der Waals surface area contributed by atoms with Crippen molar-refractivity contribution < 1.29 is 19.1 Å². The third-order valence-corrected chi connectivity index (χ3v) is 7.13. The van der Waals surface area contributed by atoms with Gasteiger partial charge < -0.3 is 20.3 Å². The van der Waals surface area contributed by atoms with Gasteiger partial charge in [0.05, 0.1) is 24.8 Å². The van der Waals surface area contributed by atoms with Gasteiger partial charge in [-0.2, -0.15) is 0 Å². The number of carbonyl (C=O) groups excluding carboxylic acids is 3. The van der Waals surface area contributed by atoms with Gasteiger partial charge in [-0.3, -0.25) is 19.3 Å². The molecule has 8 heteroatoms. The van der Waals surface area contributed by atoms with Gasteiger partial charge >= 0.3 is 0 Å². The normalized spacial score (nSPS) is 21.7. The second-order valence-corrected chi connectivity index (χ2v) is 8.91. The van der Waals surface area contributed by atoms with Crippen molar-refractivity contribution in [2.75, 3.05) is 51.7 Å². The van der Waals surface area contributed by atoms with Crippen LogP contribution < -0.4 is 15.4 Å². The van der Waals surface area contributed by atoms with E-state index in [0.717, 1.165) is 51.7 Å². The fourth-order valence-corrected chi connectivity index (χ4v) is 5.00. The maximum atomic E-state index is 12.8. The van der Waals surface area contributed by atoms with E-state index >= 15 is 0 Å². The highest BCUT2D eigenvalue weighted by molar-refractivity contribution is 5.94. The Morgan fingerprint density at radius 1 is 1.13 bits per heavy atom. The highest BCUT2D eigenvalue weighted by Gasteiger charge is 2.45. The van der Waals surface area contributed by atoms with E-state index in [0.29, 0.717) is 31.1 Å². The Bertz CT molecular complexity index is 827. The minimum atomic E-state index is -0.246. The molecule has 3 amide bonds. The Balaban J connectivity index is 1.22. The zero-order valence-electron chi connectivity index (χ0n) is 18.2. The molecular weight excluding hydrogens is 396 g/mol. The van der Waals surface area contributed by atoms with Gasteiger partial charge in [0.1, 0.15) is 5.75 Å². The van der Waals surface area contributed by atoms with E-state index in [1.54, 1.807) is 7.11 Å². The molecule has 2 N–H and O–H groups in total. The number of hydrogen-bond acceptors (Lipinski definition) is 5. The van der Waals surface area contributed by atoms with Gasteiger partial charge in [0.25, 0.3) is 0 Å². The van der Waals surface area contributed by atoms with Crippen LogP contribution in [0.25, 0.3) is 0 Å². The molecule has 0 aliphatic carbocycles. The van der Waals surface area contributed by atoms with E-state index in [4.69, 9.17) is 4.74 Å². The number of anilines is 1. The highest BCUT2D eigenvalue weighted by atomic mass is 16.5. The predicted octanol–water partition coefficient (Wildman–Crippen LogP) is 1.47. The zero-order valence-corrected chi connectivity index (χ0v) is 18.2. The summed E-state index contributed by atoms with van der Waals surface area (Å²) >= 11 is 0. The summed E-state index contributed by atoms with van der Waals surface area (Å²) < 4.78 is 5.30. The average molecular weight is 429 g/mol. The summed E-state index contributed by atoms with van der Waals surface area (Å²) in [5.74, 6) is 0.883. The number of piperidine rings is 2. The van der Waals surface area contributed by atoms with Gasteiger partial charge in [-0.25, -0.2) is 0 Å². The fraction of sp³-hybridized carbons (Fsp3) is 0.609. The summed E-state index contributed by atoms with van der Waals surface area (Å²) in [5.41, 5.74) is 0.440. The predicted molar refractivity (Wildman–Crippen MR) is 117 cm³/mol. The quantitative estimate of drug-likeness (QED) is 0.741. The SMILES string of the molecule is COc1ccccc1NC(=O)C1CCN(CC(=O)N2CCC3(CCNC3=O)CC2)CC1. The largest absolute Gasteiger partial charge is 0.495 e. The summed E-state index contributed by atoms with van der Waals surface area (Å²) in [6.45, 7) is 3.92. The number of nitrogens with one attached hydrogen (secondary N) is 2. The molecule has 0 saturated carbocycles. The number of benzene rings is 1. The molecule has 3 fully saturated rings. The molecule has 0 radical (unpaired) electrons. The molecule has 0 atom stereocenters. The summed E-state index contributed by atoms with van der Waals surface area (Å²) in [7, 11) is 1.59. The van der Waals surface area contributed by atoms with Crippen LogP contribution in [0.15, 0.2) is 24.3 Å². The molecule has 1 spiro atoms. The Labute approximate surface area is 183 Å². The molecule has 0 bridgehead atoms. The average Bonchev–Trinajstić information content (AvgIpc) is 3.14. The van der Waals surface area contributed by atoms with Crippen LogP contribution in [0.1, 0.15) is 32.1 Å². The molecule has 0 aromatic heterocycles. The summed E-state index contributed by atoms with van der Waals surface area (Å²) in [4.78, 5) is 41.6. The lowest BCUT2D eigenvalue weighted by atomic mass is 9.77. The van der Waals surface area contributed by atoms with Crippen LogP contribution in [0.4, 0.5) is 5.69 Å². The first-order chi connectivity index (χ1) is 15.0. The van der Waals surface area contributed by atoms with Crippen LogP contribution >= 0.6 is 0 Å². The lowest BCUT2D eigenvalue weighted by Gasteiger charge is -2.38. The Morgan fingerprint density at radius 3 is 2.48 bits per heavy atom. The van der Waals surface area contributed by atoms with E-state index in [2.05, 4.69) is 15.5 Å². The second kappa shape index (κ2) is 9.26. The van der Waals surface area contributed by atoms with E-state index in [9.17, 15) is 14.4 Å². The van der Waals surface area contributed by atoms with Gasteiger partial charge in [-0.15, -0.1) is 0 Å². The van der Waals surface area contributed by atoms with Crippen molar-refractivity contribution in [1.29, 1.82) is 0 Å². The van der Waals surface area contributed by atoms with Gasteiger partial charge in [-0.05, 0) is 57.3 Å². The van der Waals surface area contributed by atoms with Gasteiger partial charge in [0.2, 0.25) is 17.7 Å². The second-order valence-electron chi connectivity index (χ2n) is 8.91. The number of para-hydroxylation sites is 2. The Kier molecular flexibility index (Phi) is 6.46. The van der Waals surface area contributed by atoms with Crippen LogP contribution in [0.2, 0.25) is 0 Å². The van der Waals surface area contributed by atoms with Crippen molar-refractivity contribution in [1.82, 2.24) is 15.1 Å². The standard InChI is InChI=1S/C23H32N4O4/c1-31-19-5-3-2-4-18(19)25-21(29)17-6-12-26(13-7-17)16-20(28)27-14-9-23(10-15-27)8-11-24-22(23)30/h2-5,17H,6-16H2,1H3,(H,24,30)(H,25,29). The number of likely N-dealkylation sites (tertiary alicyclic amines) is 2. The third-order valence-electron chi connectivity index (χ3n) is 7.13. The number of amides is 3. The fourth-order valence-electron chi connectivity index (χ4n) is 5.00. The van der Waals surface area contributed by atoms with Crippen LogP contribution in [0, 0.1) is 11.3 Å². The van der Waals surface area contributed by atoms with Crippen molar-refractivity contribution in [3.05, 3.63) is 24.3 Å². The molecule has 1 aromatic carbocycles. The first kappa shape index (κ1) is 21.6. The lowest BCUT2D eigenvalue weighted by Crippen LogP contribution is -2.50. The van der Waals surface area contributed by atoms with E-state index in [1.165, 1.54) is 0 Å². The minimum absolute atomic E-state index is 0.00615. The summed E-state index contributed by atoms with van der Waals surface area (Å²) in [6.07, 6.45) is 3.87. The van der Waals surface area contributed by atoms with Crippen LogP contribution in [-0.4, -0.2) is 73.9 Å². The third kappa shape index (κ3) is 4.69. The zero-order chi connectivity index (χ0) is 21.8. The lowest BCUT2D eigenvalue weighted by molar-refractivity contribution is -0.139. The number of carbonyl (C=O) groups is 3. The first-order valence-electron chi connectivity index (χ1n) is 11.2. The number of nitrogens with zero attached hydrogens (tertiary/aromatic N) is 2. The maximum absolute atomic E-state index is 12.8. The van der Waals surface area contributed by atoms with Crippen LogP contribution in [0.3, 0.4) is 0 Å². The molecular formula is C23H32N4O4. The van der Waals surface area contributed by atoms with E-state index in [-0.39, 0.29) is 29.1 Å². The van der Waals surface area contributed by atoms with Crippen LogP contribution in [0.5, 0.6) is 5.75 Å². The molecule has 0 unspecified atom stereocenters. The Hall–Kier alpha value is -2.61. The molecule has 31 heavy (non-hydrogen) atoms. The summed E-state index contributed by atoms with van der Waals surface area (Å²) in [5, 5.41) is 5.91. The number of hydrogen-bond donors (Lipinski definition) is 2. The van der Waals surface area contributed by atoms with Crippen molar-refractivity contribution in [2.45, 2.75) is 32.1 Å². The van der Waals surface area contributed by atoms with Gasteiger partial charge in [-0.1, -0.05) is 12.1 Å². The monoisotopic (exact) mass is 428 g/mol. The molecule has 3 aliphatic rings. The molecule has 3 aliphatic heterocycles. The van der Waals surface area contributed by atoms with Crippen LogP contribution in [-0.2, 0) is 14.4 Å². The van der Waals surface area contributed by atoms with Crippen molar-refractivity contribution >= 4 is 23.4 Å². The topological polar surface area (TPSA) is 91.0 Å².